The van der Waals surface area contributed by atoms with Gasteiger partial charge in [-0.25, -0.2) is 4.98 Å². The number of amides is 2. The molecule has 0 spiro atoms. The number of hydrogen-bond acceptors (Lipinski definition) is 4. The molecule has 0 radical (unpaired) electrons. The predicted octanol–water partition coefficient (Wildman–Crippen LogP) is 2.84. The maximum atomic E-state index is 12.8. The van der Waals surface area contributed by atoms with Crippen LogP contribution in [0.1, 0.15) is 35.7 Å². The first kappa shape index (κ1) is 16.6. The Bertz CT molecular complexity index is 859. The van der Waals surface area contributed by atoms with Crippen molar-refractivity contribution in [3.8, 4) is 0 Å². The summed E-state index contributed by atoms with van der Waals surface area (Å²) in [4.78, 5) is 32.9. The summed E-state index contributed by atoms with van der Waals surface area (Å²) in [6.45, 7) is 4.16. The van der Waals surface area contributed by atoms with Gasteiger partial charge in [0, 0.05) is 44.1 Å². The van der Waals surface area contributed by atoms with E-state index in [1.165, 1.54) is 0 Å². The molecule has 0 unspecified atom stereocenters. The largest absolute Gasteiger partial charge is 0.356 e. The molecular formula is C20H22N4O2. The van der Waals surface area contributed by atoms with Gasteiger partial charge in [-0.2, -0.15) is 0 Å². The number of anilines is 3. The molecule has 1 N–H and O–H groups in total. The fourth-order valence-corrected chi connectivity index (χ4v) is 3.76. The van der Waals surface area contributed by atoms with Gasteiger partial charge in [-0.05, 0) is 55.2 Å². The van der Waals surface area contributed by atoms with Crippen LogP contribution in [0.2, 0.25) is 0 Å². The molecule has 2 aliphatic rings. The van der Waals surface area contributed by atoms with Crippen LogP contribution in [-0.4, -0.2) is 36.4 Å². The lowest BCUT2D eigenvalue weighted by Crippen LogP contribution is -2.25. The molecule has 4 rings (SSSR count). The zero-order valence-corrected chi connectivity index (χ0v) is 14.9. The third-order valence-corrected chi connectivity index (χ3v) is 5.05. The molecule has 26 heavy (non-hydrogen) atoms. The van der Waals surface area contributed by atoms with Crippen molar-refractivity contribution in [3.63, 3.8) is 0 Å². The van der Waals surface area contributed by atoms with Crippen molar-refractivity contribution in [1.29, 1.82) is 0 Å². The second kappa shape index (κ2) is 6.78. The molecule has 0 aliphatic carbocycles. The number of carbonyl (C=O) groups is 2. The third-order valence-electron chi connectivity index (χ3n) is 5.05. The molecule has 1 saturated heterocycles. The molecule has 0 atom stereocenters. The minimum atomic E-state index is -0.152. The van der Waals surface area contributed by atoms with Crippen LogP contribution in [0.5, 0.6) is 0 Å². The van der Waals surface area contributed by atoms with Crippen LogP contribution in [0, 0.1) is 0 Å². The van der Waals surface area contributed by atoms with Gasteiger partial charge in [0.25, 0.3) is 5.91 Å². The Morgan fingerprint density at radius 3 is 2.69 bits per heavy atom. The van der Waals surface area contributed by atoms with Crippen LogP contribution in [0.4, 0.5) is 17.2 Å². The maximum absolute atomic E-state index is 12.8. The van der Waals surface area contributed by atoms with Crippen LogP contribution in [0.25, 0.3) is 0 Å². The van der Waals surface area contributed by atoms with E-state index in [1.807, 2.05) is 24.3 Å². The predicted molar refractivity (Wildman–Crippen MR) is 102 cm³/mol. The summed E-state index contributed by atoms with van der Waals surface area (Å²) in [7, 11) is 0. The molecule has 0 saturated carbocycles. The van der Waals surface area contributed by atoms with E-state index >= 15 is 0 Å². The minimum Gasteiger partial charge on any atom is -0.356 e. The van der Waals surface area contributed by atoms with Gasteiger partial charge in [0.05, 0.1) is 5.56 Å². The SMILES string of the molecule is CC(=O)N1CCc2cc(NC(=O)c3cccnc3N3CCCC3)ccc21. The Kier molecular flexibility index (Phi) is 4.32. The minimum absolute atomic E-state index is 0.0474. The van der Waals surface area contributed by atoms with Crippen LogP contribution < -0.4 is 15.1 Å². The fourth-order valence-electron chi connectivity index (χ4n) is 3.76. The zero-order valence-electron chi connectivity index (χ0n) is 14.9. The summed E-state index contributed by atoms with van der Waals surface area (Å²) in [6, 6.07) is 9.33. The first-order valence-corrected chi connectivity index (χ1v) is 9.06. The summed E-state index contributed by atoms with van der Waals surface area (Å²) in [5, 5.41) is 2.99. The van der Waals surface area contributed by atoms with E-state index in [1.54, 1.807) is 24.1 Å². The van der Waals surface area contributed by atoms with E-state index in [0.717, 1.165) is 55.1 Å². The first-order chi connectivity index (χ1) is 12.6. The smallest absolute Gasteiger partial charge is 0.259 e. The molecule has 3 heterocycles. The average Bonchev–Trinajstić information content (AvgIpc) is 3.31. The highest BCUT2D eigenvalue weighted by molar-refractivity contribution is 6.07. The van der Waals surface area contributed by atoms with Crippen LogP contribution in [0.15, 0.2) is 36.5 Å². The van der Waals surface area contributed by atoms with E-state index in [2.05, 4.69) is 15.2 Å². The van der Waals surface area contributed by atoms with Gasteiger partial charge in [0.1, 0.15) is 5.82 Å². The normalized spacial score (nSPS) is 15.9. The van der Waals surface area contributed by atoms with E-state index < -0.39 is 0 Å². The standard InChI is InChI=1S/C20H22N4O2/c1-14(25)24-12-8-15-13-16(6-7-18(15)24)22-20(26)17-5-4-9-21-19(17)23-10-2-3-11-23/h4-7,9,13H,2-3,8,10-12H2,1H3,(H,22,26). The molecule has 6 nitrogen and oxygen atoms in total. The van der Waals surface area contributed by atoms with Gasteiger partial charge in [-0.15, -0.1) is 0 Å². The Balaban J connectivity index is 1.55. The summed E-state index contributed by atoms with van der Waals surface area (Å²) >= 11 is 0. The number of rotatable bonds is 3. The van der Waals surface area contributed by atoms with E-state index in [0.29, 0.717) is 12.1 Å². The number of hydrogen-bond donors (Lipinski definition) is 1. The molecular weight excluding hydrogens is 328 g/mol. The summed E-state index contributed by atoms with van der Waals surface area (Å²) in [6.07, 6.45) is 4.81. The van der Waals surface area contributed by atoms with Crippen LogP contribution >= 0.6 is 0 Å². The lowest BCUT2D eigenvalue weighted by atomic mass is 10.1. The molecule has 1 aromatic heterocycles. The van der Waals surface area contributed by atoms with Crippen molar-refractivity contribution >= 4 is 29.0 Å². The molecule has 1 aromatic carbocycles. The lowest BCUT2D eigenvalue weighted by molar-refractivity contribution is -0.116. The van der Waals surface area contributed by atoms with E-state index in [-0.39, 0.29) is 11.8 Å². The number of benzene rings is 1. The summed E-state index contributed by atoms with van der Waals surface area (Å²) in [5.41, 5.74) is 3.37. The van der Waals surface area contributed by atoms with Crippen LogP contribution in [0.3, 0.4) is 0 Å². The van der Waals surface area contributed by atoms with Crippen molar-refractivity contribution in [2.45, 2.75) is 26.2 Å². The second-order valence-corrected chi connectivity index (χ2v) is 6.79. The van der Waals surface area contributed by atoms with Crippen molar-refractivity contribution < 1.29 is 9.59 Å². The molecule has 2 aromatic rings. The molecule has 134 valence electrons. The Morgan fingerprint density at radius 2 is 1.92 bits per heavy atom. The number of pyridine rings is 1. The number of nitrogens with zero attached hydrogens (tertiary/aromatic N) is 3. The van der Waals surface area contributed by atoms with Crippen molar-refractivity contribution in [2.24, 2.45) is 0 Å². The monoisotopic (exact) mass is 350 g/mol. The van der Waals surface area contributed by atoms with Gasteiger partial charge in [-0.3, -0.25) is 9.59 Å². The second-order valence-electron chi connectivity index (χ2n) is 6.79. The molecule has 2 amide bonds. The highest BCUT2D eigenvalue weighted by Gasteiger charge is 2.24. The van der Waals surface area contributed by atoms with E-state index in [9.17, 15) is 9.59 Å². The fraction of sp³-hybridized carbons (Fsp3) is 0.350. The Morgan fingerprint density at radius 1 is 1.12 bits per heavy atom. The Labute approximate surface area is 152 Å². The topological polar surface area (TPSA) is 65.5 Å². The van der Waals surface area contributed by atoms with Crippen molar-refractivity contribution in [2.75, 3.05) is 34.8 Å². The quantitative estimate of drug-likeness (QED) is 0.924. The maximum Gasteiger partial charge on any atom is 0.259 e. The highest BCUT2D eigenvalue weighted by Crippen LogP contribution is 2.31. The first-order valence-electron chi connectivity index (χ1n) is 9.06. The molecule has 1 fully saturated rings. The zero-order chi connectivity index (χ0) is 18.1. The number of carbonyl (C=O) groups excluding carboxylic acids is 2. The molecule has 0 bridgehead atoms. The van der Waals surface area contributed by atoms with Gasteiger partial charge >= 0.3 is 0 Å². The molecule has 6 heteroatoms. The van der Waals surface area contributed by atoms with Gasteiger partial charge in [0.15, 0.2) is 0 Å². The van der Waals surface area contributed by atoms with E-state index in [4.69, 9.17) is 0 Å². The third kappa shape index (κ3) is 3.03. The van der Waals surface area contributed by atoms with Crippen molar-refractivity contribution in [3.05, 3.63) is 47.7 Å². The summed E-state index contributed by atoms with van der Waals surface area (Å²) in [5.74, 6) is 0.652. The summed E-state index contributed by atoms with van der Waals surface area (Å²) < 4.78 is 0. The van der Waals surface area contributed by atoms with Crippen molar-refractivity contribution in [1.82, 2.24) is 4.98 Å². The highest BCUT2D eigenvalue weighted by atomic mass is 16.2. The molecule has 2 aliphatic heterocycles. The van der Waals surface area contributed by atoms with Crippen LogP contribution in [-0.2, 0) is 11.2 Å². The Hall–Kier alpha value is -2.89. The number of aromatic nitrogens is 1. The van der Waals surface area contributed by atoms with Gasteiger partial charge in [-0.1, -0.05) is 0 Å². The van der Waals surface area contributed by atoms with Gasteiger partial charge < -0.3 is 15.1 Å². The lowest BCUT2D eigenvalue weighted by Gasteiger charge is -2.19. The van der Waals surface area contributed by atoms with Gasteiger partial charge in [0.2, 0.25) is 5.91 Å². The number of nitrogens with one attached hydrogen (secondary N) is 1. The average molecular weight is 350 g/mol. The number of fused-ring (bicyclic) bond motifs is 1.